The summed E-state index contributed by atoms with van der Waals surface area (Å²) in [4.78, 5) is 6.31. The minimum Gasteiger partial charge on any atom is -0.340 e. The van der Waals surface area contributed by atoms with Gasteiger partial charge in [0, 0.05) is 11.4 Å². The van der Waals surface area contributed by atoms with Crippen LogP contribution in [0.2, 0.25) is 0 Å². The molecule has 1 aliphatic heterocycles. The Labute approximate surface area is 184 Å². The molecule has 8 nitrogen and oxygen atoms in total. The number of hydrogen-bond acceptors (Lipinski definition) is 7. The van der Waals surface area contributed by atoms with E-state index >= 15 is 0 Å². The zero-order valence-corrected chi connectivity index (χ0v) is 17.1. The number of nitriles is 3. The van der Waals surface area contributed by atoms with Crippen molar-refractivity contribution in [1.29, 1.82) is 15.8 Å². The lowest BCUT2D eigenvalue weighted by molar-refractivity contribution is 0.485. The molecule has 4 rings (SSSR count). The Morgan fingerprint density at radius 3 is 2.53 bits per heavy atom. The third-order valence-corrected chi connectivity index (χ3v) is 5.18. The van der Waals surface area contributed by atoms with E-state index in [1.54, 1.807) is 65.0 Å². The molecule has 0 radical (unpaired) electrons. The fraction of sp³-hybridized carbons (Fsp3) is 0.174. The highest BCUT2D eigenvalue weighted by Gasteiger charge is 2.35. The highest BCUT2D eigenvalue weighted by molar-refractivity contribution is 5.69. The van der Waals surface area contributed by atoms with Gasteiger partial charge in [0.05, 0.1) is 29.3 Å². The van der Waals surface area contributed by atoms with Crippen LogP contribution in [0.3, 0.4) is 0 Å². The smallest absolute Gasteiger partial charge is 0.244 e. The van der Waals surface area contributed by atoms with Crippen LogP contribution in [-0.4, -0.2) is 21.3 Å². The Morgan fingerprint density at radius 1 is 1.09 bits per heavy atom. The normalized spacial score (nSPS) is 14.8. The number of nitrogens with zero attached hydrogens (tertiary/aromatic N) is 7. The van der Waals surface area contributed by atoms with Crippen LogP contribution in [0, 0.1) is 34.0 Å². The van der Waals surface area contributed by atoms with Gasteiger partial charge in [-0.25, -0.2) is 9.07 Å². The molecule has 32 heavy (non-hydrogen) atoms. The van der Waals surface area contributed by atoms with Gasteiger partial charge in [-0.1, -0.05) is 24.3 Å². The van der Waals surface area contributed by atoms with Gasteiger partial charge < -0.3 is 5.32 Å². The number of nitrogens with one attached hydrogen (secondary N) is 1. The molecule has 0 saturated carbocycles. The van der Waals surface area contributed by atoms with E-state index in [4.69, 9.17) is 10.5 Å². The summed E-state index contributed by atoms with van der Waals surface area (Å²) in [6, 6.07) is 19.6. The number of aromatic nitrogens is 3. The lowest BCUT2D eigenvalue weighted by atomic mass is 9.95. The number of hydrogen-bond donors (Lipinski definition) is 1. The number of alkyl halides is 1. The SMILES string of the molecule is CC1=C(C#N)[C@@H](c2ccc(C#N)cc2)n2nc(NCC#N)nc2N1c1cccc(CF)c1. The van der Waals surface area contributed by atoms with E-state index in [-0.39, 0.29) is 12.5 Å². The zero-order valence-electron chi connectivity index (χ0n) is 17.1. The average molecular weight is 424 g/mol. The first-order chi connectivity index (χ1) is 15.6. The maximum atomic E-state index is 13.3. The van der Waals surface area contributed by atoms with Crippen molar-refractivity contribution in [2.45, 2.75) is 19.6 Å². The maximum Gasteiger partial charge on any atom is 0.244 e. The molecule has 0 amide bonds. The van der Waals surface area contributed by atoms with Gasteiger partial charge in [0.15, 0.2) is 0 Å². The molecule has 2 heterocycles. The largest absolute Gasteiger partial charge is 0.340 e. The number of benzene rings is 2. The van der Waals surface area contributed by atoms with E-state index in [0.717, 1.165) is 5.56 Å². The van der Waals surface area contributed by atoms with Gasteiger partial charge >= 0.3 is 0 Å². The molecule has 9 heteroatoms. The first-order valence-corrected chi connectivity index (χ1v) is 9.74. The minimum atomic E-state index is -0.620. The summed E-state index contributed by atoms with van der Waals surface area (Å²) < 4.78 is 14.9. The number of halogens is 1. The molecule has 156 valence electrons. The van der Waals surface area contributed by atoms with E-state index in [9.17, 15) is 9.65 Å². The topological polar surface area (TPSA) is 117 Å². The molecule has 2 aromatic carbocycles. The molecule has 1 aliphatic rings. The van der Waals surface area contributed by atoms with Gasteiger partial charge in [-0.05, 0) is 42.3 Å². The van der Waals surface area contributed by atoms with Gasteiger partial charge in [0.2, 0.25) is 11.9 Å². The second-order valence-electron chi connectivity index (χ2n) is 7.08. The molecule has 1 atom stereocenters. The Balaban J connectivity index is 1.93. The Bertz CT molecular complexity index is 1320. The molecule has 0 fully saturated rings. The summed E-state index contributed by atoms with van der Waals surface area (Å²) in [5.41, 5.74) is 3.47. The molecule has 0 spiro atoms. The highest BCUT2D eigenvalue weighted by atomic mass is 19.1. The molecular weight excluding hydrogens is 407 g/mol. The molecule has 1 N–H and O–H groups in total. The molecule has 0 aliphatic carbocycles. The summed E-state index contributed by atoms with van der Waals surface area (Å²) in [5.74, 6) is 0.658. The summed E-state index contributed by atoms with van der Waals surface area (Å²) in [6.45, 7) is 1.20. The van der Waals surface area contributed by atoms with E-state index in [1.807, 2.05) is 6.07 Å². The van der Waals surface area contributed by atoms with Crippen LogP contribution in [0.1, 0.15) is 29.7 Å². The number of allylic oxidation sites excluding steroid dienone is 2. The van der Waals surface area contributed by atoms with E-state index < -0.39 is 12.7 Å². The van der Waals surface area contributed by atoms with E-state index in [0.29, 0.717) is 34.0 Å². The first kappa shape index (κ1) is 20.6. The maximum absolute atomic E-state index is 13.3. The van der Waals surface area contributed by atoms with Crippen LogP contribution < -0.4 is 10.2 Å². The lowest BCUT2D eigenvalue weighted by Gasteiger charge is -2.34. The Kier molecular flexibility index (Phi) is 5.53. The molecular formula is C23H17FN8. The summed E-state index contributed by atoms with van der Waals surface area (Å²) >= 11 is 0. The molecule has 1 aromatic heterocycles. The minimum absolute atomic E-state index is 0.0137. The van der Waals surface area contributed by atoms with Crippen molar-refractivity contribution in [3.8, 4) is 18.2 Å². The van der Waals surface area contributed by atoms with Crippen molar-refractivity contribution in [3.63, 3.8) is 0 Å². The number of anilines is 3. The summed E-state index contributed by atoms with van der Waals surface area (Å²) in [6.07, 6.45) is 0. The van der Waals surface area contributed by atoms with Crippen molar-refractivity contribution in [3.05, 3.63) is 76.5 Å². The second-order valence-corrected chi connectivity index (χ2v) is 7.08. The number of fused-ring (bicyclic) bond motifs is 1. The van der Waals surface area contributed by atoms with Gasteiger partial charge in [0.25, 0.3) is 0 Å². The third kappa shape index (κ3) is 3.51. The molecule has 0 saturated heterocycles. The predicted molar refractivity (Wildman–Crippen MR) is 115 cm³/mol. The summed E-state index contributed by atoms with van der Waals surface area (Å²) in [5, 5.41) is 35.5. The van der Waals surface area contributed by atoms with Gasteiger partial charge in [0.1, 0.15) is 19.3 Å². The molecule has 0 unspecified atom stereocenters. The highest BCUT2D eigenvalue weighted by Crippen LogP contribution is 2.42. The summed E-state index contributed by atoms with van der Waals surface area (Å²) in [7, 11) is 0. The Hall–Kier alpha value is -4.68. The van der Waals surface area contributed by atoms with Crippen LogP contribution >= 0.6 is 0 Å². The molecule has 0 bridgehead atoms. The monoisotopic (exact) mass is 424 g/mol. The first-order valence-electron chi connectivity index (χ1n) is 9.74. The van der Waals surface area contributed by atoms with Gasteiger partial charge in [-0.3, -0.25) is 4.90 Å². The van der Waals surface area contributed by atoms with Crippen molar-refractivity contribution in [2.75, 3.05) is 16.8 Å². The van der Waals surface area contributed by atoms with Crippen LogP contribution in [0.5, 0.6) is 0 Å². The van der Waals surface area contributed by atoms with Crippen LogP contribution in [0.15, 0.2) is 59.8 Å². The standard InChI is InChI=1S/C23H17FN8/c1-15-20(14-27)21(18-7-5-16(13-26)6-8-18)32-23(29-22(30-32)28-10-9-25)31(15)19-4-2-3-17(11-19)12-24/h2-8,11,21H,10,12H2,1H3,(H,28,30)/t21-/m1/s1. The second kappa shape index (κ2) is 8.59. The molecule has 3 aromatic rings. The van der Waals surface area contributed by atoms with Gasteiger partial charge in [-0.15, -0.1) is 5.10 Å². The number of rotatable bonds is 5. The lowest BCUT2D eigenvalue weighted by Crippen LogP contribution is -2.30. The van der Waals surface area contributed by atoms with Crippen LogP contribution in [0.4, 0.5) is 22.0 Å². The van der Waals surface area contributed by atoms with Crippen LogP contribution in [0.25, 0.3) is 0 Å². The van der Waals surface area contributed by atoms with Gasteiger partial charge in [-0.2, -0.15) is 20.8 Å². The third-order valence-electron chi connectivity index (χ3n) is 5.18. The predicted octanol–water partition coefficient (Wildman–Crippen LogP) is 4.09. The van der Waals surface area contributed by atoms with Crippen molar-refractivity contribution in [2.24, 2.45) is 0 Å². The van der Waals surface area contributed by atoms with E-state index in [2.05, 4.69) is 27.5 Å². The van der Waals surface area contributed by atoms with Crippen molar-refractivity contribution in [1.82, 2.24) is 14.8 Å². The Morgan fingerprint density at radius 2 is 1.88 bits per heavy atom. The quantitative estimate of drug-likeness (QED) is 0.613. The average Bonchev–Trinajstić information content (AvgIpc) is 3.25. The van der Waals surface area contributed by atoms with Crippen molar-refractivity contribution < 1.29 is 4.39 Å². The fourth-order valence-electron chi connectivity index (χ4n) is 3.70. The zero-order chi connectivity index (χ0) is 22.7. The van der Waals surface area contributed by atoms with Crippen LogP contribution in [-0.2, 0) is 6.67 Å². The fourth-order valence-corrected chi connectivity index (χ4v) is 3.70. The van der Waals surface area contributed by atoms with E-state index in [1.165, 1.54) is 0 Å². The van der Waals surface area contributed by atoms with Crippen molar-refractivity contribution >= 4 is 17.6 Å².